The first kappa shape index (κ1) is 18.5. The van der Waals surface area contributed by atoms with Crippen LogP contribution in [0.4, 0.5) is 0 Å². The fourth-order valence-corrected chi connectivity index (χ4v) is 4.48. The van der Waals surface area contributed by atoms with Crippen LogP contribution >= 0.6 is 0 Å². The first-order chi connectivity index (χ1) is 13.2. The molecular weight excluding hydrogens is 338 g/mol. The van der Waals surface area contributed by atoms with Crippen molar-refractivity contribution in [2.45, 2.75) is 44.6 Å². The monoisotopic (exact) mass is 369 g/mol. The molecule has 0 radical (unpaired) electrons. The zero-order valence-electron chi connectivity index (χ0n) is 16.1. The Balaban J connectivity index is 1.30. The Hall–Kier alpha value is -1.88. The Morgan fingerprint density at radius 2 is 1.59 bits per heavy atom. The summed E-state index contributed by atoms with van der Waals surface area (Å²) >= 11 is 0. The molecule has 0 spiro atoms. The highest BCUT2D eigenvalue weighted by molar-refractivity contribution is 5.82. The van der Waals surface area contributed by atoms with Crippen LogP contribution in [-0.2, 0) is 9.59 Å². The van der Waals surface area contributed by atoms with E-state index in [0.29, 0.717) is 12.5 Å². The second-order valence-electron chi connectivity index (χ2n) is 8.29. The molecule has 2 saturated heterocycles. The summed E-state index contributed by atoms with van der Waals surface area (Å²) in [6.45, 7) is 4.36. The number of carbonyl (C=O) groups excluding carboxylic acids is 2. The second kappa shape index (κ2) is 8.42. The largest absolute Gasteiger partial charge is 0.354 e. The fraction of sp³-hybridized carbons (Fsp3) is 0.636. The molecule has 1 aromatic rings. The van der Waals surface area contributed by atoms with Gasteiger partial charge in [-0.15, -0.1) is 0 Å². The van der Waals surface area contributed by atoms with Gasteiger partial charge in [-0.3, -0.25) is 14.5 Å². The summed E-state index contributed by atoms with van der Waals surface area (Å²) in [4.78, 5) is 29.4. The molecular formula is C22H31N3O2. The highest BCUT2D eigenvalue weighted by atomic mass is 16.2. The summed E-state index contributed by atoms with van der Waals surface area (Å²) in [6.07, 6.45) is 6.18. The zero-order chi connectivity index (χ0) is 18.6. The Bertz CT molecular complexity index is 645. The van der Waals surface area contributed by atoms with E-state index in [1.165, 1.54) is 18.4 Å². The summed E-state index contributed by atoms with van der Waals surface area (Å²) in [5.74, 6) is 0.798. The van der Waals surface area contributed by atoms with Gasteiger partial charge in [-0.2, -0.15) is 0 Å². The van der Waals surface area contributed by atoms with Crippen LogP contribution in [-0.4, -0.2) is 54.3 Å². The third-order valence-electron chi connectivity index (χ3n) is 6.34. The Kier molecular flexibility index (Phi) is 5.77. The van der Waals surface area contributed by atoms with E-state index >= 15 is 0 Å². The third kappa shape index (κ3) is 4.52. The average molecular weight is 370 g/mol. The summed E-state index contributed by atoms with van der Waals surface area (Å²) in [7, 11) is 0. The average Bonchev–Trinajstić information content (AvgIpc) is 3.44. The van der Waals surface area contributed by atoms with Crippen molar-refractivity contribution >= 4 is 11.8 Å². The maximum atomic E-state index is 12.7. The van der Waals surface area contributed by atoms with Gasteiger partial charge in [0.15, 0.2) is 0 Å². The highest BCUT2D eigenvalue weighted by Gasteiger charge is 2.36. The summed E-state index contributed by atoms with van der Waals surface area (Å²) in [5, 5.41) is 3.22. The van der Waals surface area contributed by atoms with E-state index in [1.54, 1.807) is 0 Å². The number of rotatable bonds is 6. The van der Waals surface area contributed by atoms with Gasteiger partial charge >= 0.3 is 0 Å². The van der Waals surface area contributed by atoms with Gasteiger partial charge in [0.05, 0.1) is 6.04 Å². The lowest BCUT2D eigenvalue weighted by Gasteiger charge is -2.33. The van der Waals surface area contributed by atoms with Gasteiger partial charge in [0.25, 0.3) is 0 Å². The van der Waals surface area contributed by atoms with Crippen LogP contribution < -0.4 is 5.32 Å². The molecule has 1 aliphatic carbocycles. The smallest absolute Gasteiger partial charge is 0.225 e. The molecule has 2 aliphatic heterocycles. The molecule has 2 amide bonds. The number of benzene rings is 1. The van der Waals surface area contributed by atoms with E-state index in [-0.39, 0.29) is 23.8 Å². The summed E-state index contributed by atoms with van der Waals surface area (Å²) < 4.78 is 0. The Labute approximate surface area is 162 Å². The SMILES string of the molecule is O=C(NCC(c1ccccc1)N1CCCC1)C1CCN(C(=O)C2CC2)CC1. The van der Waals surface area contributed by atoms with Gasteiger partial charge in [0, 0.05) is 31.5 Å². The van der Waals surface area contributed by atoms with Crippen LogP contribution in [0.5, 0.6) is 0 Å². The molecule has 1 N–H and O–H groups in total. The van der Waals surface area contributed by atoms with E-state index in [2.05, 4.69) is 34.5 Å². The minimum absolute atomic E-state index is 0.0447. The first-order valence-electron chi connectivity index (χ1n) is 10.6. The number of nitrogens with one attached hydrogen (secondary N) is 1. The molecule has 1 aromatic carbocycles. The molecule has 0 aromatic heterocycles. The van der Waals surface area contributed by atoms with Crippen LogP contribution in [0.1, 0.15) is 50.1 Å². The van der Waals surface area contributed by atoms with Crippen molar-refractivity contribution in [3.63, 3.8) is 0 Å². The predicted octanol–water partition coefficient (Wildman–Crippen LogP) is 2.59. The number of amides is 2. The van der Waals surface area contributed by atoms with Gasteiger partial charge in [-0.25, -0.2) is 0 Å². The van der Waals surface area contributed by atoms with E-state index in [4.69, 9.17) is 0 Å². The number of nitrogens with zero attached hydrogens (tertiary/aromatic N) is 2. The maximum absolute atomic E-state index is 12.7. The molecule has 5 heteroatoms. The van der Waals surface area contributed by atoms with Crippen molar-refractivity contribution in [3.8, 4) is 0 Å². The molecule has 1 unspecified atom stereocenters. The lowest BCUT2D eigenvalue weighted by molar-refractivity contribution is -0.136. The van der Waals surface area contributed by atoms with Gasteiger partial charge < -0.3 is 10.2 Å². The normalized spacial score (nSPS) is 22.6. The first-order valence-corrected chi connectivity index (χ1v) is 10.6. The van der Waals surface area contributed by atoms with Crippen molar-refractivity contribution in [1.29, 1.82) is 0 Å². The maximum Gasteiger partial charge on any atom is 0.225 e. The highest BCUT2D eigenvalue weighted by Crippen LogP contribution is 2.32. The number of likely N-dealkylation sites (tertiary alicyclic amines) is 2. The lowest BCUT2D eigenvalue weighted by atomic mass is 9.95. The molecule has 0 bridgehead atoms. The second-order valence-corrected chi connectivity index (χ2v) is 8.29. The number of hydrogen-bond acceptors (Lipinski definition) is 3. The van der Waals surface area contributed by atoms with Crippen LogP contribution in [0.2, 0.25) is 0 Å². The van der Waals surface area contributed by atoms with Crippen molar-refractivity contribution in [2.24, 2.45) is 11.8 Å². The van der Waals surface area contributed by atoms with Crippen molar-refractivity contribution in [2.75, 3.05) is 32.7 Å². The van der Waals surface area contributed by atoms with Crippen LogP contribution in [0.15, 0.2) is 30.3 Å². The molecule has 5 nitrogen and oxygen atoms in total. The summed E-state index contributed by atoms with van der Waals surface area (Å²) in [6, 6.07) is 10.8. The lowest BCUT2D eigenvalue weighted by Crippen LogP contribution is -2.45. The van der Waals surface area contributed by atoms with E-state index in [1.807, 2.05) is 11.0 Å². The standard InChI is InChI=1S/C22H31N3O2/c26-21(18-10-14-25(15-11-18)22(27)19-8-9-19)23-16-20(24-12-4-5-13-24)17-6-2-1-3-7-17/h1-3,6-7,18-20H,4-5,8-16H2,(H,23,26). The van der Waals surface area contributed by atoms with Crippen LogP contribution in [0.3, 0.4) is 0 Å². The van der Waals surface area contributed by atoms with Gasteiger partial charge in [-0.1, -0.05) is 30.3 Å². The Morgan fingerprint density at radius 1 is 0.926 bits per heavy atom. The van der Waals surface area contributed by atoms with Gasteiger partial charge in [-0.05, 0) is 57.2 Å². The number of carbonyl (C=O) groups is 2. The van der Waals surface area contributed by atoms with Gasteiger partial charge in [0.1, 0.15) is 0 Å². The van der Waals surface area contributed by atoms with E-state index in [0.717, 1.165) is 51.9 Å². The predicted molar refractivity (Wildman–Crippen MR) is 105 cm³/mol. The molecule has 2 heterocycles. The molecule has 1 saturated carbocycles. The zero-order valence-corrected chi connectivity index (χ0v) is 16.1. The number of piperidine rings is 1. The minimum atomic E-state index is 0.0447. The van der Waals surface area contributed by atoms with Crippen molar-refractivity contribution in [3.05, 3.63) is 35.9 Å². The Morgan fingerprint density at radius 3 is 2.22 bits per heavy atom. The molecule has 1 atom stereocenters. The third-order valence-corrected chi connectivity index (χ3v) is 6.34. The minimum Gasteiger partial charge on any atom is -0.354 e. The molecule has 3 aliphatic rings. The topological polar surface area (TPSA) is 52.7 Å². The molecule has 3 fully saturated rings. The van der Waals surface area contributed by atoms with E-state index < -0.39 is 0 Å². The number of hydrogen-bond donors (Lipinski definition) is 1. The molecule has 146 valence electrons. The van der Waals surface area contributed by atoms with Crippen LogP contribution in [0.25, 0.3) is 0 Å². The quantitative estimate of drug-likeness (QED) is 0.839. The van der Waals surface area contributed by atoms with Gasteiger partial charge in [0.2, 0.25) is 11.8 Å². The van der Waals surface area contributed by atoms with Crippen LogP contribution in [0, 0.1) is 11.8 Å². The molecule has 4 rings (SSSR count). The van der Waals surface area contributed by atoms with Crippen molar-refractivity contribution < 1.29 is 9.59 Å². The summed E-state index contributed by atoms with van der Waals surface area (Å²) in [5.41, 5.74) is 1.28. The fourth-order valence-electron chi connectivity index (χ4n) is 4.48. The van der Waals surface area contributed by atoms with E-state index in [9.17, 15) is 9.59 Å². The van der Waals surface area contributed by atoms with Crippen molar-refractivity contribution in [1.82, 2.24) is 15.1 Å². The molecule has 27 heavy (non-hydrogen) atoms.